The summed E-state index contributed by atoms with van der Waals surface area (Å²) in [4.78, 5) is 0.101. The highest BCUT2D eigenvalue weighted by atomic mass is 32.2. The minimum absolute atomic E-state index is 0.00570. The summed E-state index contributed by atoms with van der Waals surface area (Å²) in [5, 5.41) is 21.3. The quantitative estimate of drug-likeness (QED) is 0.694. The van der Waals surface area contributed by atoms with E-state index >= 15 is 0 Å². The number of hydroxylamine groups is 3. The molecular formula is C15H17NO4S. The summed E-state index contributed by atoms with van der Waals surface area (Å²) in [6.07, 6.45) is 0. The zero-order chi connectivity index (χ0) is 15.7. The fourth-order valence-electron chi connectivity index (χ4n) is 2.08. The van der Waals surface area contributed by atoms with Crippen molar-refractivity contribution in [2.45, 2.75) is 16.3 Å². The van der Waals surface area contributed by atoms with Gasteiger partial charge in [-0.3, -0.25) is 0 Å². The van der Waals surface area contributed by atoms with Crippen molar-refractivity contribution in [2.24, 2.45) is 0 Å². The Morgan fingerprint density at radius 3 is 2.38 bits per heavy atom. The molecule has 0 saturated carbocycles. The van der Waals surface area contributed by atoms with Crippen LogP contribution in [0.3, 0.4) is 0 Å². The number of hydrogen-bond donors (Lipinski definition) is 1. The van der Waals surface area contributed by atoms with Crippen molar-refractivity contribution in [3.05, 3.63) is 59.3 Å². The fourth-order valence-corrected chi connectivity index (χ4v) is 3.61. The predicted octanol–water partition coefficient (Wildman–Crippen LogP) is 2.30. The molecule has 21 heavy (non-hydrogen) atoms. The summed E-state index contributed by atoms with van der Waals surface area (Å²) < 4.78 is 24.7. The molecule has 0 aliphatic rings. The third-order valence-electron chi connectivity index (χ3n) is 2.94. The van der Waals surface area contributed by atoms with E-state index in [9.17, 15) is 18.7 Å². The largest absolute Gasteiger partial charge is 0.633 e. The normalized spacial score (nSPS) is 12.3. The molecule has 6 heteroatoms. The standard InChI is InChI=1S/C15H17NO4S/c1-16(2,18)11-12-6-3-4-9-15(12)21(19,20)14-8-5-7-13(17)10-14/h3-10,17H,11H2,1-2H3. The molecule has 0 radical (unpaired) electrons. The molecule has 0 spiro atoms. The highest BCUT2D eigenvalue weighted by Crippen LogP contribution is 2.27. The van der Waals surface area contributed by atoms with Gasteiger partial charge in [0.2, 0.25) is 9.84 Å². The van der Waals surface area contributed by atoms with Gasteiger partial charge in [0.05, 0.1) is 23.9 Å². The maximum absolute atomic E-state index is 12.7. The zero-order valence-electron chi connectivity index (χ0n) is 11.9. The number of sulfone groups is 1. The summed E-state index contributed by atoms with van der Waals surface area (Å²) in [5.74, 6) is -0.117. The summed E-state index contributed by atoms with van der Waals surface area (Å²) >= 11 is 0. The van der Waals surface area contributed by atoms with Crippen LogP contribution in [-0.4, -0.2) is 32.3 Å². The van der Waals surface area contributed by atoms with E-state index in [4.69, 9.17) is 0 Å². The summed E-state index contributed by atoms with van der Waals surface area (Å²) in [7, 11) is -0.861. The molecule has 112 valence electrons. The van der Waals surface area contributed by atoms with Crippen molar-refractivity contribution in [3.8, 4) is 5.75 Å². The molecule has 0 amide bonds. The molecule has 1 N–H and O–H groups in total. The minimum atomic E-state index is -3.77. The number of rotatable bonds is 4. The second-order valence-corrected chi connectivity index (χ2v) is 7.26. The molecule has 2 rings (SSSR count). The van der Waals surface area contributed by atoms with Crippen LogP contribution in [0.1, 0.15) is 5.56 Å². The SMILES string of the molecule is C[N+](C)([O-])Cc1ccccc1S(=O)(=O)c1cccc(O)c1. The first-order valence-corrected chi connectivity index (χ1v) is 7.84. The molecule has 0 saturated heterocycles. The number of hydrogen-bond acceptors (Lipinski definition) is 4. The third kappa shape index (κ3) is 3.60. The highest BCUT2D eigenvalue weighted by Gasteiger charge is 2.23. The maximum atomic E-state index is 12.7. The van der Waals surface area contributed by atoms with Crippen LogP contribution >= 0.6 is 0 Å². The predicted molar refractivity (Wildman–Crippen MR) is 79.2 cm³/mol. The van der Waals surface area contributed by atoms with Crippen LogP contribution in [0.5, 0.6) is 5.75 Å². The molecule has 0 fully saturated rings. The lowest BCUT2D eigenvalue weighted by Crippen LogP contribution is -2.31. The molecule has 0 aromatic heterocycles. The van der Waals surface area contributed by atoms with E-state index in [1.807, 2.05) is 0 Å². The van der Waals surface area contributed by atoms with Crippen LogP contribution in [0.15, 0.2) is 58.3 Å². The van der Waals surface area contributed by atoms with Gasteiger partial charge in [-0.2, -0.15) is 0 Å². The van der Waals surface area contributed by atoms with E-state index in [0.29, 0.717) is 5.56 Å². The number of phenolic OH excluding ortho intramolecular Hbond substituents is 1. The van der Waals surface area contributed by atoms with Gasteiger partial charge in [0.25, 0.3) is 0 Å². The topological polar surface area (TPSA) is 77.4 Å². The molecule has 0 aliphatic heterocycles. The van der Waals surface area contributed by atoms with E-state index < -0.39 is 14.5 Å². The lowest BCUT2D eigenvalue weighted by molar-refractivity contribution is -0.854. The van der Waals surface area contributed by atoms with Crippen LogP contribution < -0.4 is 0 Å². The van der Waals surface area contributed by atoms with Crippen molar-refractivity contribution < 1.29 is 18.2 Å². The Bertz CT molecular complexity index is 748. The first kappa shape index (κ1) is 15.5. The van der Waals surface area contributed by atoms with Gasteiger partial charge in [0.15, 0.2) is 0 Å². The fraction of sp³-hybridized carbons (Fsp3) is 0.200. The van der Waals surface area contributed by atoms with Gasteiger partial charge in [0, 0.05) is 5.56 Å². The van der Waals surface area contributed by atoms with E-state index in [0.717, 1.165) is 0 Å². The molecule has 0 bridgehead atoms. The van der Waals surface area contributed by atoms with Crippen LogP contribution in [0.25, 0.3) is 0 Å². The molecule has 0 atom stereocenters. The van der Waals surface area contributed by atoms with Crippen molar-refractivity contribution in [3.63, 3.8) is 0 Å². The van der Waals surface area contributed by atoms with Gasteiger partial charge >= 0.3 is 0 Å². The summed E-state index contributed by atoms with van der Waals surface area (Å²) in [6, 6.07) is 11.9. The smallest absolute Gasteiger partial charge is 0.207 e. The van der Waals surface area contributed by atoms with Crippen molar-refractivity contribution in [1.29, 1.82) is 0 Å². The molecule has 2 aromatic carbocycles. The number of quaternary nitrogens is 1. The lowest BCUT2D eigenvalue weighted by atomic mass is 10.2. The van der Waals surface area contributed by atoms with Crippen molar-refractivity contribution in [2.75, 3.05) is 14.1 Å². The number of nitrogens with zero attached hydrogens (tertiary/aromatic N) is 1. The van der Waals surface area contributed by atoms with Gasteiger partial charge < -0.3 is 15.0 Å². The van der Waals surface area contributed by atoms with E-state index in [-0.39, 0.29) is 22.1 Å². The molecule has 5 nitrogen and oxygen atoms in total. The van der Waals surface area contributed by atoms with E-state index in [2.05, 4.69) is 0 Å². The molecule has 0 unspecified atom stereocenters. The monoisotopic (exact) mass is 307 g/mol. The Labute approximate surface area is 124 Å². The molecular weight excluding hydrogens is 290 g/mol. The maximum Gasteiger partial charge on any atom is 0.207 e. The first-order chi connectivity index (χ1) is 9.70. The minimum Gasteiger partial charge on any atom is -0.633 e. The van der Waals surface area contributed by atoms with Gasteiger partial charge in [-0.15, -0.1) is 0 Å². The van der Waals surface area contributed by atoms with Crippen LogP contribution in [0.4, 0.5) is 0 Å². The molecule has 0 aliphatic carbocycles. The van der Waals surface area contributed by atoms with Gasteiger partial charge in [0.1, 0.15) is 12.3 Å². The Balaban J connectivity index is 2.56. The molecule has 0 heterocycles. The average molecular weight is 307 g/mol. The summed E-state index contributed by atoms with van der Waals surface area (Å²) in [5.41, 5.74) is 0.459. The Hall–Kier alpha value is -1.89. The van der Waals surface area contributed by atoms with Crippen LogP contribution in [-0.2, 0) is 16.4 Å². The number of aromatic hydroxyl groups is 1. The molecule has 2 aromatic rings. The Morgan fingerprint density at radius 2 is 1.76 bits per heavy atom. The highest BCUT2D eigenvalue weighted by molar-refractivity contribution is 7.91. The Morgan fingerprint density at radius 1 is 1.10 bits per heavy atom. The zero-order valence-corrected chi connectivity index (χ0v) is 12.7. The number of phenols is 1. The second kappa shape index (κ2) is 5.48. The number of benzene rings is 2. The van der Waals surface area contributed by atoms with E-state index in [1.54, 1.807) is 18.2 Å². The van der Waals surface area contributed by atoms with Crippen LogP contribution in [0, 0.1) is 5.21 Å². The van der Waals surface area contributed by atoms with Crippen molar-refractivity contribution in [1.82, 2.24) is 0 Å². The third-order valence-corrected chi connectivity index (χ3v) is 4.79. The first-order valence-electron chi connectivity index (χ1n) is 6.36. The van der Waals surface area contributed by atoms with Crippen LogP contribution in [0.2, 0.25) is 0 Å². The Kier molecular flexibility index (Phi) is 4.04. The lowest BCUT2D eigenvalue weighted by Gasteiger charge is -2.34. The van der Waals surface area contributed by atoms with E-state index in [1.165, 1.54) is 44.4 Å². The average Bonchev–Trinajstić information content (AvgIpc) is 2.37. The second-order valence-electron chi connectivity index (χ2n) is 5.34. The van der Waals surface area contributed by atoms with Crippen molar-refractivity contribution >= 4 is 9.84 Å². The van der Waals surface area contributed by atoms with Gasteiger partial charge in [-0.05, 0) is 24.3 Å². The van der Waals surface area contributed by atoms with Gasteiger partial charge in [-0.25, -0.2) is 8.42 Å². The van der Waals surface area contributed by atoms with Gasteiger partial charge in [-0.1, -0.05) is 24.3 Å². The summed E-state index contributed by atoms with van der Waals surface area (Å²) in [6.45, 7) is 0.0498.